The van der Waals surface area contributed by atoms with Gasteiger partial charge in [-0.2, -0.15) is 0 Å². The van der Waals surface area contributed by atoms with Crippen LogP contribution in [-0.4, -0.2) is 0 Å². The summed E-state index contributed by atoms with van der Waals surface area (Å²) in [6.45, 7) is 8.49. The molecule has 0 saturated carbocycles. The Bertz CT molecular complexity index is 107. The van der Waals surface area contributed by atoms with Crippen molar-refractivity contribution in [2.45, 2.75) is 126 Å². The zero-order valence-corrected chi connectivity index (χ0v) is 12.0. The first-order chi connectivity index (χ1) is 5.83. The van der Waals surface area contributed by atoms with Crippen molar-refractivity contribution in [1.82, 2.24) is 0 Å². The summed E-state index contributed by atoms with van der Waals surface area (Å²) < 4.78 is 0. The highest BCUT2D eigenvalue weighted by Gasteiger charge is 1.72. The SMILES string of the molecule is C.C.C.C.C.C.C.C.CC#CCCCC.CCCCC.I. The largest absolute Gasteiger partial charge is 0.107 e. The summed E-state index contributed by atoms with van der Waals surface area (Å²) >= 11 is 0. The third-order valence-corrected chi connectivity index (χ3v) is 1.54. The van der Waals surface area contributed by atoms with E-state index >= 15 is 0 Å². The molecule has 0 radical (unpaired) electrons. The lowest BCUT2D eigenvalue weighted by molar-refractivity contribution is 0.772. The summed E-state index contributed by atoms with van der Waals surface area (Å²) in [5.74, 6) is 5.85. The minimum absolute atomic E-state index is 0. The maximum Gasteiger partial charge on any atom is 0.00884 e. The number of halogens is 1. The average molecular weight is 425 g/mol. The van der Waals surface area contributed by atoms with Gasteiger partial charge in [0.05, 0.1) is 0 Å². The normalized spacial score (nSPS) is 4.38. The molecule has 0 aliphatic rings. The first-order valence-electron chi connectivity index (χ1n) is 5.22. The third kappa shape index (κ3) is 172. The molecular weight excluding hydrogens is 367 g/mol. The molecule has 0 unspecified atom stereocenters. The van der Waals surface area contributed by atoms with Crippen LogP contribution in [0, 0.1) is 11.8 Å². The van der Waals surface area contributed by atoms with E-state index in [9.17, 15) is 0 Å². The molecule has 0 bridgehead atoms. The zero-order chi connectivity index (χ0) is 9.66. The van der Waals surface area contributed by atoms with Gasteiger partial charge in [0.15, 0.2) is 0 Å². The highest BCUT2D eigenvalue weighted by molar-refractivity contribution is 14.0. The van der Waals surface area contributed by atoms with Gasteiger partial charge in [-0.25, -0.2) is 0 Å². The average Bonchev–Trinajstić information content (AvgIpc) is 2.08. The maximum atomic E-state index is 3.00. The summed E-state index contributed by atoms with van der Waals surface area (Å²) in [4.78, 5) is 0. The standard InChI is InChI=1S/C7H12.C5H12.8CH4.HI/c1-3-5-7-6-4-2;1-3-5-4-2;;;;;;;;;/h3,5,7H2,1-2H3;3-5H2,1-2H3;8*1H4;1H. The molecule has 21 heavy (non-hydrogen) atoms. The van der Waals surface area contributed by atoms with Gasteiger partial charge in [-0.05, 0) is 13.3 Å². The molecule has 0 aliphatic heterocycles. The molecular formula is C20H57I. The fourth-order valence-electron chi connectivity index (χ4n) is 0.744. The van der Waals surface area contributed by atoms with Gasteiger partial charge in [0.2, 0.25) is 0 Å². The van der Waals surface area contributed by atoms with Crippen molar-refractivity contribution in [3.8, 4) is 11.8 Å². The van der Waals surface area contributed by atoms with Crippen LogP contribution in [0.2, 0.25) is 0 Å². The number of rotatable bonds is 4. The van der Waals surface area contributed by atoms with Crippen LogP contribution in [0.5, 0.6) is 0 Å². The number of hydrogen-bond acceptors (Lipinski definition) is 0. The molecule has 0 aromatic rings. The Morgan fingerprint density at radius 1 is 0.571 bits per heavy atom. The van der Waals surface area contributed by atoms with Crippen LogP contribution in [0.1, 0.15) is 126 Å². The molecule has 0 rings (SSSR count). The van der Waals surface area contributed by atoms with Crippen LogP contribution in [0.25, 0.3) is 0 Å². The molecule has 0 heterocycles. The molecule has 0 atom stereocenters. The van der Waals surface area contributed by atoms with E-state index in [0.29, 0.717) is 0 Å². The van der Waals surface area contributed by atoms with Gasteiger partial charge < -0.3 is 0 Å². The Morgan fingerprint density at radius 2 is 0.857 bits per heavy atom. The lowest BCUT2D eigenvalue weighted by Crippen LogP contribution is -1.64. The third-order valence-electron chi connectivity index (χ3n) is 1.54. The summed E-state index contributed by atoms with van der Waals surface area (Å²) in [6, 6.07) is 0. The maximum absolute atomic E-state index is 3.00. The number of hydrogen-bond donors (Lipinski definition) is 0. The second kappa shape index (κ2) is 110. The Labute approximate surface area is 161 Å². The molecule has 144 valence electrons. The predicted molar refractivity (Wildman–Crippen MR) is 127 cm³/mol. The van der Waals surface area contributed by atoms with E-state index in [1.54, 1.807) is 0 Å². The van der Waals surface area contributed by atoms with E-state index in [4.69, 9.17) is 0 Å². The minimum atomic E-state index is 0. The van der Waals surface area contributed by atoms with E-state index in [-0.39, 0.29) is 83.4 Å². The molecule has 0 saturated heterocycles. The quantitative estimate of drug-likeness (QED) is 0.239. The Morgan fingerprint density at radius 3 is 1.00 bits per heavy atom. The van der Waals surface area contributed by atoms with E-state index in [2.05, 4.69) is 32.6 Å². The van der Waals surface area contributed by atoms with Crippen molar-refractivity contribution < 1.29 is 0 Å². The topological polar surface area (TPSA) is 0 Å². The van der Waals surface area contributed by atoms with Gasteiger partial charge >= 0.3 is 0 Å². The fourth-order valence-corrected chi connectivity index (χ4v) is 0.744. The minimum Gasteiger partial charge on any atom is -0.107 e. The lowest BCUT2D eigenvalue weighted by atomic mass is 10.3. The van der Waals surface area contributed by atoms with Crippen molar-refractivity contribution in [2.24, 2.45) is 0 Å². The second-order valence-corrected chi connectivity index (χ2v) is 2.88. The van der Waals surface area contributed by atoms with Crippen molar-refractivity contribution in [3.05, 3.63) is 0 Å². The predicted octanol–water partition coefficient (Wildman–Crippen LogP) is 10.1. The van der Waals surface area contributed by atoms with Crippen molar-refractivity contribution in [2.75, 3.05) is 0 Å². The molecule has 0 aromatic carbocycles. The molecule has 0 aromatic heterocycles. The van der Waals surface area contributed by atoms with Crippen LogP contribution in [-0.2, 0) is 0 Å². The van der Waals surface area contributed by atoms with Crippen LogP contribution >= 0.6 is 24.0 Å². The van der Waals surface area contributed by atoms with Crippen LogP contribution < -0.4 is 0 Å². The summed E-state index contributed by atoms with van der Waals surface area (Å²) in [7, 11) is 0. The highest BCUT2D eigenvalue weighted by Crippen LogP contribution is 1.89. The first kappa shape index (κ1) is 82.8. The lowest BCUT2D eigenvalue weighted by Gasteiger charge is -1.80. The van der Waals surface area contributed by atoms with Gasteiger partial charge in [-0.3, -0.25) is 0 Å². The molecule has 0 aliphatic carbocycles. The highest BCUT2D eigenvalue weighted by atomic mass is 127. The monoisotopic (exact) mass is 424 g/mol. The van der Waals surface area contributed by atoms with Crippen molar-refractivity contribution in [3.63, 3.8) is 0 Å². The molecule has 0 fully saturated rings. The summed E-state index contributed by atoms with van der Waals surface area (Å²) in [5, 5.41) is 0. The van der Waals surface area contributed by atoms with Crippen LogP contribution in [0.4, 0.5) is 0 Å². The smallest absolute Gasteiger partial charge is 0.00884 e. The molecule has 0 amide bonds. The van der Waals surface area contributed by atoms with E-state index in [0.717, 1.165) is 6.42 Å². The van der Waals surface area contributed by atoms with Crippen LogP contribution in [0.3, 0.4) is 0 Å². The van der Waals surface area contributed by atoms with Gasteiger partial charge in [-0.15, -0.1) is 35.8 Å². The Hall–Kier alpha value is 0.290. The number of unbranched alkanes of at least 4 members (excludes halogenated alkanes) is 4. The van der Waals surface area contributed by atoms with E-state index in [1.807, 2.05) is 6.92 Å². The molecule has 0 spiro atoms. The van der Waals surface area contributed by atoms with Gasteiger partial charge in [0.1, 0.15) is 0 Å². The second-order valence-electron chi connectivity index (χ2n) is 2.88. The Kier molecular flexibility index (Phi) is 433. The Balaban J connectivity index is -0.00000000754. The van der Waals surface area contributed by atoms with E-state index < -0.39 is 0 Å². The molecule has 1 heteroatoms. The summed E-state index contributed by atoms with van der Waals surface area (Å²) in [5.41, 5.74) is 0. The van der Waals surface area contributed by atoms with E-state index in [1.165, 1.54) is 32.1 Å². The molecule has 0 N–H and O–H groups in total. The zero-order valence-electron chi connectivity index (χ0n) is 9.65. The van der Waals surface area contributed by atoms with Crippen molar-refractivity contribution in [1.29, 1.82) is 0 Å². The van der Waals surface area contributed by atoms with Gasteiger partial charge in [-0.1, -0.05) is 106 Å². The first-order valence-corrected chi connectivity index (χ1v) is 5.22. The van der Waals surface area contributed by atoms with Gasteiger partial charge in [0.25, 0.3) is 0 Å². The van der Waals surface area contributed by atoms with Gasteiger partial charge in [0, 0.05) is 6.42 Å². The van der Waals surface area contributed by atoms with Crippen molar-refractivity contribution >= 4 is 24.0 Å². The van der Waals surface area contributed by atoms with Crippen LogP contribution in [0.15, 0.2) is 0 Å². The molecule has 0 nitrogen and oxygen atoms in total. The summed E-state index contributed by atoms with van der Waals surface area (Å²) in [6.07, 6.45) is 7.66. The fraction of sp³-hybridized carbons (Fsp3) is 0.900.